The lowest BCUT2D eigenvalue weighted by Crippen LogP contribution is -2.30. The molecule has 0 radical (unpaired) electrons. The van der Waals surface area contributed by atoms with Crippen LogP contribution in [0.3, 0.4) is 0 Å². The van der Waals surface area contributed by atoms with E-state index in [9.17, 15) is 14.4 Å². The van der Waals surface area contributed by atoms with Gasteiger partial charge in [0.2, 0.25) is 0 Å². The van der Waals surface area contributed by atoms with Crippen LogP contribution < -0.4 is 0 Å². The molecule has 6 heteroatoms. The van der Waals surface area contributed by atoms with Crippen molar-refractivity contribution in [3.8, 4) is 0 Å². The second-order valence-corrected chi connectivity index (χ2v) is 14.5. The molecule has 57 heavy (non-hydrogen) atoms. The molecule has 0 saturated carbocycles. The van der Waals surface area contributed by atoms with E-state index >= 15 is 0 Å². The minimum absolute atomic E-state index is 0.109. The third kappa shape index (κ3) is 43.3. The maximum Gasteiger partial charge on any atom is 0.306 e. The van der Waals surface area contributed by atoms with Crippen molar-refractivity contribution in [2.75, 3.05) is 13.2 Å². The van der Waals surface area contributed by atoms with Gasteiger partial charge in [-0.15, -0.1) is 0 Å². The molecular weight excluding hydrogens is 709 g/mol. The molecule has 6 nitrogen and oxygen atoms in total. The standard InChI is InChI=1S/C51H82O6/c1-4-7-10-13-16-19-21-23-25-26-28-29-32-35-38-41-44-50(53)56-47-48(46-55-49(52)43-40-37-34-31-18-15-12-9-6-3)57-51(54)45-42-39-36-33-30-27-24-22-20-17-14-11-8-5-2/h7-12,16-20,23,25,28-29,31,48H,4-6,13-15,21-22,24,26-27,30,32-47H2,1-3H3/b10-7-,11-8-,12-9-,19-16-,20-17-,25-23-,29-28-,31-18-. The van der Waals surface area contributed by atoms with Crippen molar-refractivity contribution >= 4 is 17.9 Å². The molecule has 322 valence electrons. The van der Waals surface area contributed by atoms with Crippen LogP contribution in [0.5, 0.6) is 0 Å². The first-order valence-electron chi connectivity index (χ1n) is 22.7. The molecule has 1 unspecified atom stereocenters. The highest BCUT2D eigenvalue weighted by Gasteiger charge is 2.19. The van der Waals surface area contributed by atoms with Gasteiger partial charge in [-0.25, -0.2) is 0 Å². The molecule has 0 aliphatic rings. The Hall–Kier alpha value is -3.67. The van der Waals surface area contributed by atoms with Gasteiger partial charge < -0.3 is 14.2 Å². The molecule has 0 aliphatic carbocycles. The summed E-state index contributed by atoms with van der Waals surface area (Å²) in [5.74, 6) is -0.994. The Labute approximate surface area is 349 Å². The number of hydrogen-bond donors (Lipinski definition) is 0. The molecule has 0 spiro atoms. The summed E-state index contributed by atoms with van der Waals surface area (Å²) in [5.41, 5.74) is 0. The molecule has 0 saturated heterocycles. The van der Waals surface area contributed by atoms with Crippen molar-refractivity contribution in [3.63, 3.8) is 0 Å². The van der Waals surface area contributed by atoms with Crippen LogP contribution >= 0.6 is 0 Å². The maximum atomic E-state index is 12.7. The fourth-order valence-electron chi connectivity index (χ4n) is 5.74. The van der Waals surface area contributed by atoms with Crippen LogP contribution in [0.2, 0.25) is 0 Å². The van der Waals surface area contributed by atoms with Crippen molar-refractivity contribution in [2.24, 2.45) is 0 Å². The van der Waals surface area contributed by atoms with Crippen molar-refractivity contribution in [1.82, 2.24) is 0 Å². The van der Waals surface area contributed by atoms with Gasteiger partial charge in [0.25, 0.3) is 0 Å². The van der Waals surface area contributed by atoms with E-state index in [4.69, 9.17) is 14.2 Å². The molecule has 0 bridgehead atoms. The van der Waals surface area contributed by atoms with E-state index in [-0.39, 0.29) is 31.1 Å². The fraction of sp³-hybridized carbons (Fsp3) is 0.627. The number of rotatable bonds is 39. The predicted octanol–water partition coefficient (Wildman–Crippen LogP) is 14.6. The Morgan fingerprint density at radius 2 is 0.632 bits per heavy atom. The molecule has 0 aromatic carbocycles. The van der Waals surface area contributed by atoms with Crippen molar-refractivity contribution in [2.45, 2.75) is 194 Å². The van der Waals surface area contributed by atoms with Gasteiger partial charge in [-0.2, -0.15) is 0 Å². The molecule has 0 heterocycles. The van der Waals surface area contributed by atoms with Crippen LogP contribution in [0.15, 0.2) is 97.2 Å². The second kappa shape index (κ2) is 45.0. The summed E-state index contributed by atoms with van der Waals surface area (Å²) in [7, 11) is 0. The zero-order valence-electron chi connectivity index (χ0n) is 36.6. The molecular formula is C51H82O6. The molecule has 0 aromatic rings. The molecule has 1 atom stereocenters. The van der Waals surface area contributed by atoms with Gasteiger partial charge in [0.05, 0.1) is 0 Å². The van der Waals surface area contributed by atoms with E-state index in [1.54, 1.807) is 0 Å². The van der Waals surface area contributed by atoms with Crippen LogP contribution in [0.4, 0.5) is 0 Å². The minimum atomic E-state index is -0.806. The van der Waals surface area contributed by atoms with Crippen LogP contribution in [-0.2, 0) is 28.6 Å². The lowest BCUT2D eigenvalue weighted by Gasteiger charge is -2.18. The van der Waals surface area contributed by atoms with Crippen LogP contribution in [-0.4, -0.2) is 37.2 Å². The quantitative estimate of drug-likeness (QED) is 0.0267. The minimum Gasteiger partial charge on any atom is -0.462 e. The Balaban J connectivity index is 4.46. The number of unbranched alkanes of at least 4 members (excludes halogenated alkanes) is 12. The Morgan fingerprint density at radius 3 is 1.04 bits per heavy atom. The topological polar surface area (TPSA) is 78.9 Å². The van der Waals surface area contributed by atoms with Crippen molar-refractivity contribution < 1.29 is 28.6 Å². The van der Waals surface area contributed by atoms with E-state index in [1.807, 2.05) is 0 Å². The predicted molar refractivity (Wildman–Crippen MR) is 242 cm³/mol. The van der Waals surface area contributed by atoms with Gasteiger partial charge in [0.1, 0.15) is 13.2 Å². The van der Waals surface area contributed by atoms with Crippen molar-refractivity contribution in [3.05, 3.63) is 97.2 Å². The van der Waals surface area contributed by atoms with Crippen LogP contribution in [0.1, 0.15) is 188 Å². The SMILES string of the molecule is CC/C=C\C/C=C\C/C=C\C/C=C\CCCCCC(=O)OCC(COC(=O)CCCC/C=C\C/C=C\CC)OC(=O)CCCCCCCCC/C=C\C/C=C\CC. The first-order valence-corrected chi connectivity index (χ1v) is 22.7. The summed E-state index contributed by atoms with van der Waals surface area (Å²) in [6.45, 7) is 6.20. The normalized spacial score (nSPS) is 13.0. The van der Waals surface area contributed by atoms with Gasteiger partial charge in [-0.1, -0.05) is 157 Å². The van der Waals surface area contributed by atoms with Gasteiger partial charge >= 0.3 is 17.9 Å². The summed E-state index contributed by atoms with van der Waals surface area (Å²) < 4.78 is 16.6. The fourth-order valence-corrected chi connectivity index (χ4v) is 5.74. The average molecular weight is 791 g/mol. The van der Waals surface area contributed by atoms with Gasteiger partial charge in [0.15, 0.2) is 6.10 Å². The van der Waals surface area contributed by atoms with Gasteiger partial charge in [-0.3, -0.25) is 14.4 Å². The van der Waals surface area contributed by atoms with Gasteiger partial charge in [-0.05, 0) is 109 Å². The highest BCUT2D eigenvalue weighted by molar-refractivity contribution is 5.71. The summed E-state index contributed by atoms with van der Waals surface area (Å²) in [6.07, 6.45) is 58.3. The number of carbonyl (C=O) groups is 3. The summed E-state index contributed by atoms with van der Waals surface area (Å²) in [4.78, 5) is 37.7. The third-order valence-electron chi connectivity index (χ3n) is 9.06. The molecule has 0 rings (SSSR count). The van der Waals surface area contributed by atoms with E-state index in [0.29, 0.717) is 19.3 Å². The highest BCUT2D eigenvalue weighted by Crippen LogP contribution is 2.12. The van der Waals surface area contributed by atoms with E-state index in [2.05, 4.69) is 118 Å². The smallest absolute Gasteiger partial charge is 0.306 e. The Bertz CT molecular complexity index is 1180. The van der Waals surface area contributed by atoms with Crippen LogP contribution in [0.25, 0.3) is 0 Å². The summed E-state index contributed by atoms with van der Waals surface area (Å²) >= 11 is 0. The number of hydrogen-bond acceptors (Lipinski definition) is 6. The lowest BCUT2D eigenvalue weighted by atomic mass is 10.1. The molecule has 0 aromatic heterocycles. The molecule has 0 fully saturated rings. The molecule has 0 amide bonds. The molecule has 0 aliphatic heterocycles. The Morgan fingerprint density at radius 1 is 0.351 bits per heavy atom. The summed E-state index contributed by atoms with van der Waals surface area (Å²) in [6, 6.07) is 0. The number of esters is 3. The van der Waals surface area contributed by atoms with Crippen molar-refractivity contribution in [1.29, 1.82) is 0 Å². The van der Waals surface area contributed by atoms with E-state index in [1.165, 1.54) is 25.7 Å². The summed E-state index contributed by atoms with van der Waals surface area (Å²) in [5, 5.41) is 0. The maximum absolute atomic E-state index is 12.7. The Kier molecular flexibility index (Phi) is 42.1. The van der Waals surface area contributed by atoms with E-state index < -0.39 is 6.10 Å². The molecule has 0 N–H and O–H groups in total. The van der Waals surface area contributed by atoms with E-state index in [0.717, 1.165) is 122 Å². The lowest BCUT2D eigenvalue weighted by molar-refractivity contribution is -0.167. The third-order valence-corrected chi connectivity index (χ3v) is 9.06. The zero-order valence-corrected chi connectivity index (χ0v) is 36.6. The highest BCUT2D eigenvalue weighted by atomic mass is 16.6. The zero-order chi connectivity index (χ0) is 41.5. The second-order valence-electron chi connectivity index (χ2n) is 14.5. The number of ether oxygens (including phenoxy) is 3. The van der Waals surface area contributed by atoms with Crippen LogP contribution in [0, 0.1) is 0 Å². The van der Waals surface area contributed by atoms with Gasteiger partial charge in [0, 0.05) is 19.3 Å². The monoisotopic (exact) mass is 791 g/mol. The number of allylic oxidation sites excluding steroid dienone is 16. The first-order chi connectivity index (χ1) is 28.0. The number of carbonyl (C=O) groups excluding carboxylic acids is 3. The largest absolute Gasteiger partial charge is 0.462 e. The average Bonchev–Trinajstić information content (AvgIpc) is 3.21. The first kappa shape index (κ1) is 53.3.